The number of rotatable bonds is 8. The first-order valence-electron chi connectivity index (χ1n) is 8.92. The summed E-state index contributed by atoms with van der Waals surface area (Å²) in [6.45, 7) is 1.52. The summed E-state index contributed by atoms with van der Waals surface area (Å²) in [7, 11) is 0. The van der Waals surface area contributed by atoms with E-state index >= 15 is 0 Å². The zero-order valence-corrected chi connectivity index (χ0v) is 18.3. The fourth-order valence-corrected chi connectivity index (χ4v) is 2.98. The monoisotopic (exact) mass is 562 g/mol. The average Bonchev–Trinajstić information content (AvgIpc) is 2.55. The van der Waals surface area contributed by atoms with Crippen LogP contribution in [0, 0.1) is 39.9 Å². The molecule has 1 saturated heterocycles. The molecule has 1 fully saturated rings. The van der Waals surface area contributed by atoms with E-state index in [9.17, 15) is 19.2 Å². The second kappa shape index (κ2) is 14.9. The fourth-order valence-electron chi connectivity index (χ4n) is 2.98. The molecular weight excluding hydrogens is 533 g/mol. The molecular formula is C16H28GdN4O8. The molecule has 0 aromatic rings. The number of nitrogens with zero attached hydrogens (tertiary/aromatic N) is 4. The van der Waals surface area contributed by atoms with Crippen molar-refractivity contribution in [2.24, 2.45) is 0 Å². The molecule has 0 aromatic heterocycles. The van der Waals surface area contributed by atoms with E-state index in [0.29, 0.717) is 52.4 Å². The van der Waals surface area contributed by atoms with Crippen LogP contribution in [0.4, 0.5) is 0 Å². The van der Waals surface area contributed by atoms with Crippen molar-refractivity contribution in [2.45, 2.75) is 0 Å². The van der Waals surface area contributed by atoms with E-state index in [1.807, 2.05) is 0 Å². The molecule has 0 bridgehead atoms. The number of carboxylic acids is 4. The zero-order valence-electron chi connectivity index (χ0n) is 16.0. The summed E-state index contributed by atoms with van der Waals surface area (Å²) in [6.07, 6.45) is 0. The molecule has 0 aliphatic carbocycles. The van der Waals surface area contributed by atoms with Crippen molar-refractivity contribution in [3.05, 3.63) is 0 Å². The summed E-state index contributed by atoms with van der Waals surface area (Å²) in [6, 6.07) is 0. The van der Waals surface area contributed by atoms with E-state index in [0.717, 1.165) is 0 Å². The van der Waals surface area contributed by atoms with Crippen LogP contribution < -0.4 is 0 Å². The Bertz CT molecular complexity index is 453. The molecule has 12 nitrogen and oxygen atoms in total. The summed E-state index contributed by atoms with van der Waals surface area (Å²) in [5.74, 6) is -4.08. The molecule has 0 aromatic carbocycles. The van der Waals surface area contributed by atoms with Gasteiger partial charge in [-0.05, 0) is 0 Å². The van der Waals surface area contributed by atoms with Gasteiger partial charge in [-0.25, -0.2) is 0 Å². The predicted molar refractivity (Wildman–Crippen MR) is 96.3 cm³/mol. The maximum atomic E-state index is 11.1. The molecule has 168 valence electrons. The van der Waals surface area contributed by atoms with Gasteiger partial charge in [0.15, 0.2) is 0 Å². The largest absolute Gasteiger partial charge is 0.480 e. The van der Waals surface area contributed by atoms with Crippen molar-refractivity contribution in [1.82, 2.24) is 19.6 Å². The normalized spacial score (nSPS) is 18.8. The van der Waals surface area contributed by atoms with Gasteiger partial charge in [0, 0.05) is 92.3 Å². The zero-order chi connectivity index (χ0) is 21.1. The first kappa shape index (κ1) is 28.0. The molecule has 0 unspecified atom stereocenters. The van der Waals surface area contributed by atoms with Crippen molar-refractivity contribution in [3.8, 4) is 0 Å². The maximum Gasteiger partial charge on any atom is 0.317 e. The summed E-state index contributed by atoms with van der Waals surface area (Å²) in [4.78, 5) is 50.9. The van der Waals surface area contributed by atoms with Crippen LogP contribution in [0.3, 0.4) is 0 Å². The van der Waals surface area contributed by atoms with Crippen molar-refractivity contribution in [1.29, 1.82) is 0 Å². The van der Waals surface area contributed by atoms with Crippen LogP contribution >= 0.6 is 0 Å². The van der Waals surface area contributed by atoms with Gasteiger partial charge >= 0.3 is 23.9 Å². The third-order valence-corrected chi connectivity index (χ3v) is 4.37. The quantitative estimate of drug-likeness (QED) is 0.248. The molecule has 1 aliphatic heterocycles. The Kier molecular flexibility index (Phi) is 14.4. The van der Waals surface area contributed by atoms with Gasteiger partial charge in [0.05, 0.1) is 26.2 Å². The van der Waals surface area contributed by atoms with E-state index in [2.05, 4.69) is 0 Å². The van der Waals surface area contributed by atoms with Crippen LogP contribution in [0.15, 0.2) is 0 Å². The van der Waals surface area contributed by atoms with E-state index in [4.69, 9.17) is 20.4 Å². The van der Waals surface area contributed by atoms with Crippen molar-refractivity contribution in [3.63, 3.8) is 0 Å². The van der Waals surface area contributed by atoms with E-state index < -0.39 is 23.9 Å². The molecule has 29 heavy (non-hydrogen) atoms. The number of aliphatic carboxylic acids is 4. The molecule has 0 atom stereocenters. The fraction of sp³-hybridized carbons (Fsp3) is 0.750. The molecule has 1 rings (SSSR count). The SMILES string of the molecule is O=C(O)CN1CCN(CC(=O)O)CCN(CC(=O)O)CCN(CC(=O)O)CC1.[Gd]. The summed E-state index contributed by atoms with van der Waals surface area (Å²) in [5.41, 5.74) is 0. The van der Waals surface area contributed by atoms with E-state index in [1.54, 1.807) is 19.6 Å². The van der Waals surface area contributed by atoms with Gasteiger partial charge in [-0.15, -0.1) is 0 Å². The molecule has 0 amide bonds. The standard InChI is InChI=1S/C16H28N4O8.Gd/c21-13(22)9-17-1-2-18(10-14(23)24)5-6-20(12-16(27)28)8-7-19(4-3-17)11-15(25)26;/h1-12H2,(H,21,22)(H,23,24)(H,25,26)(H,27,28);. The van der Waals surface area contributed by atoms with Crippen molar-refractivity contribution >= 4 is 23.9 Å². The number of carboxylic acid groups (broad SMARTS) is 4. The van der Waals surface area contributed by atoms with Crippen LogP contribution in [-0.4, -0.2) is 142 Å². The minimum atomic E-state index is -1.02. The first-order valence-corrected chi connectivity index (χ1v) is 8.92. The van der Waals surface area contributed by atoms with Crippen molar-refractivity contribution < 1.29 is 79.5 Å². The van der Waals surface area contributed by atoms with Gasteiger partial charge in [-0.3, -0.25) is 38.8 Å². The molecule has 4 N–H and O–H groups in total. The Balaban J connectivity index is 0.00000784. The molecule has 1 heterocycles. The smallest absolute Gasteiger partial charge is 0.317 e. The van der Waals surface area contributed by atoms with Gasteiger partial charge in [0.25, 0.3) is 0 Å². The Morgan fingerprint density at radius 2 is 0.586 bits per heavy atom. The Hall–Kier alpha value is -0.955. The summed E-state index contributed by atoms with van der Waals surface area (Å²) >= 11 is 0. The van der Waals surface area contributed by atoms with Crippen molar-refractivity contribution in [2.75, 3.05) is 78.5 Å². The van der Waals surface area contributed by atoms with E-state index in [1.165, 1.54) is 0 Å². The maximum absolute atomic E-state index is 11.1. The van der Waals surface area contributed by atoms with Crippen LogP contribution in [0.2, 0.25) is 0 Å². The molecule has 1 aliphatic rings. The second-order valence-corrected chi connectivity index (χ2v) is 6.68. The van der Waals surface area contributed by atoms with Crippen LogP contribution in [0.5, 0.6) is 0 Å². The third kappa shape index (κ3) is 13.8. The Morgan fingerprint density at radius 1 is 0.448 bits per heavy atom. The van der Waals surface area contributed by atoms with Gasteiger partial charge in [-0.2, -0.15) is 0 Å². The van der Waals surface area contributed by atoms with Gasteiger partial charge in [0.1, 0.15) is 0 Å². The number of hydrogen-bond donors (Lipinski definition) is 4. The van der Waals surface area contributed by atoms with Gasteiger partial charge in [-0.1, -0.05) is 0 Å². The summed E-state index contributed by atoms with van der Waals surface area (Å²) < 4.78 is 0. The molecule has 0 radical (unpaired) electrons. The van der Waals surface area contributed by atoms with Crippen LogP contribution in [-0.2, 0) is 19.2 Å². The molecule has 13 heteroatoms. The topological polar surface area (TPSA) is 162 Å². The second-order valence-electron chi connectivity index (χ2n) is 6.68. The Morgan fingerprint density at radius 3 is 0.690 bits per heavy atom. The first-order chi connectivity index (χ1) is 13.2. The molecule has 0 saturated carbocycles. The third-order valence-electron chi connectivity index (χ3n) is 4.37. The van der Waals surface area contributed by atoms with E-state index in [-0.39, 0.29) is 66.1 Å². The average molecular weight is 562 g/mol. The number of hydrogen-bond acceptors (Lipinski definition) is 8. The summed E-state index contributed by atoms with van der Waals surface area (Å²) in [5, 5.41) is 36.3. The van der Waals surface area contributed by atoms with Gasteiger partial charge in [0.2, 0.25) is 0 Å². The predicted octanol–water partition coefficient (Wildman–Crippen LogP) is -2.45. The minimum absolute atomic E-state index is 0. The minimum Gasteiger partial charge on any atom is -0.480 e. The van der Waals surface area contributed by atoms with Crippen LogP contribution in [0.1, 0.15) is 0 Å². The Labute approximate surface area is 200 Å². The van der Waals surface area contributed by atoms with Crippen LogP contribution in [0.25, 0.3) is 0 Å². The molecule has 0 spiro atoms. The van der Waals surface area contributed by atoms with Gasteiger partial charge < -0.3 is 20.4 Å². The number of carbonyl (C=O) groups is 4.